The summed E-state index contributed by atoms with van der Waals surface area (Å²) in [5, 5.41) is 6.76. The second-order valence-electron chi connectivity index (χ2n) is 3.66. The van der Waals surface area contributed by atoms with Crippen LogP contribution in [-0.2, 0) is 9.47 Å². The average Bonchev–Trinajstić information content (AvgIpc) is 2.23. The SMILES string of the molecule is CCCNCC(C)NCCOCCOC. The molecule has 0 radical (unpaired) electrons. The molecule has 2 N–H and O–H groups in total. The third-order valence-electron chi connectivity index (χ3n) is 2.05. The highest BCUT2D eigenvalue weighted by molar-refractivity contribution is 4.62. The topological polar surface area (TPSA) is 42.5 Å². The molecule has 0 aliphatic carbocycles. The normalized spacial score (nSPS) is 13.0. The lowest BCUT2D eigenvalue weighted by molar-refractivity contribution is 0.0712. The minimum atomic E-state index is 0.502. The lowest BCUT2D eigenvalue weighted by Crippen LogP contribution is -2.38. The second-order valence-corrected chi connectivity index (χ2v) is 3.66. The van der Waals surface area contributed by atoms with Gasteiger partial charge in [-0.3, -0.25) is 0 Å². The van der Waals surface area contributed by atoms with Gasteiger partial charge in [0.15, 0.2) is 0 Å². The van der Waals surface area contributed by atoms with E-state index in [4.69, 9.17) is 9.47 Å². The monoisotopic (exact) mass is 218 g/mol. The molecule has 1 atom stereocenters. The summed E-state index contributed by atoms with van der Waals surface area (Å²) in [7, 11) is 1.68. The molecule has 4 nitrogen and oxygen atoms in total. The number of hydrogen-bond donors (Lipinski definition) is 2. The summed E-state index contributed by atoms with van der Waals surface area (Å²) in [6, 6.07) is 0.502. The highest BCUT2D eigenvalue weighted by atomic mass is 16.5. The van der Waals surface area contributed by atoms with Gasteiger partial charge in [-0.05, 0) is 19.9 Å². The lowest BCUT2D eigenvalue weighted by Gasteiger charge is -2.14. The first kappa shape index (κ1) is 14.8. The predicted octanol–water partition coefficient (Wildman–Crippen LogP) is 0.627. The van der Waals surface area contributed by atoms with Crippen molar-refractivity contribution in [2.24, 2.45) is 0 Å². The van der Waals surface area contributed by atoms with E-state index in [2.05, 4.69) is 24.5 Å². The first-order valence-corrected chi connectivity index (χ1v) is 5.82. The Morgan fingerprint density at radius 2 is 1.93 bits per heavy atom. The number of methoxy groups -OCH3 is 1. The molecule has 0 rings (SSSR count). The Bertz CT molecular complexity index is 123. The Labute approximate surface area is 93.7 Å². The van der Waals surface area contributed by atoms with Crippen LogP contribution in [0.3, 0.4) is 0 Å². The van der Waals surface area contributed by atoms with E-state index in [9.17, 15) is 0 Å². The van der Waals surface area contributed by atoms with Crippen LogP contribution in [-0.4, -0.2) is 52.6 Å². The van der Waals surface area contributed by atoms with Gasteiger partial charge in [-0.15, -0.1) is 0 Å². The maximum Gasteiger partial charge on any atom is 0.0700 e. The minimum Gasteiger partial charge on any atom is -0.382 e. The van der Waals surface area contributed by atoms with E-state index in [-0.39, 0.29) is 0 Å². The standard InChI is InChI=1S/C11H26N2O2/c1-4-5-12-10-11(2)13-6-7-15-9-8-14-3/h11-13H,4-10H2,1-3H3. The molecule has 1 unspecified atom stereocenters. The summed E-state index contributed by atoms with van der Waals surface area (Å²) in [6.07, 6.45) is 1.19. The van der Waals surface area contributed by atoms with Crippen molar-refractivity contribution >= 4 is 0 Å². The zero-order valence-corrected chi connectivity index (χ0v) is 10.3. The van der Waals surface area contributed by atoms with Crippen LogP contribution in [0.25, 0.3) is 0 Å². The Morgan fingerprint density at radius 3 is 2.60 bits per heavy atom. The Kier molecular flexibility index (Phi) is 11.8. The summed E-state index contributed by atoms with van der Waals surface area (Å²) < 4.78 is 10.2. The summed E-state index contributed by atoms with van der Waals surface area (Å²) in [4.78, 5) is 0. The van der Waals surface area contributed by atoms with Crippen LogP contribution in [0, 0.1) is 0 Å². The first-order chi connectivity index (χ1) is 7.31. The second kappa shape index (κ2) is 11.9. The largest absolute Gasteiger partial charge is 0.382 e. The van der Waals surface area contributed by atoms with E-state index < -0.39 is 0 Å². The zero-order valence-electron chi connectivity index (χ0n) is 10.3. The van der Waals surface area contributed by atoms with Crippen molar-refractivity contribution in [3.05, 3.63) is 0 Å². The van der Waals surface area contributed by atoms with Gasteiger partial charge < -0.3 is 20.1 Å². The molecule has 92 valence electrons. The minimum absolute atomic E-state index is 0.502. The molecule has 0 fully saturated rings. The maximum atomic E-state index is 5.34. The third kappa shape index (κ3) is 11.8. The van der Waals surface area contributed by atoms with Crippen LogP contribution in [0.5, 0.6) is 0 Å². The molecular weight excluding hydrogens is 192 g/mol. The van der Waals surface area contributed by atoms with Gasteiger partial charge in [0.25, 0.3) is 0 Å². The van der Waals surface area contributed by atoms with Crippen molar-refractivity contribution in [3.8, 4) is 0 Å². The molecule has 15 heavy (non-hydrogen) atoms. The Balaban J connectivity index is 3.06. The smallest absolute Gasteiger partial charge is 0.0700 e. The highest BCUT2D eigenvalue weighted by Gasteiger charge is 1.98. The summed E-state index contributed by atoms with van der Waals surface area (Å²) in [5.74, 6) is 0. The van der Waals surface area contributed by atoms with E-state index in [0.717, 1.165) is 26.2 Å². The van der Waals surface area contributed by atoms with Crippen LogP contribution >= 0.6 is 0 Å². The molecule has 0 saturated heterocycles. The van der Waals surface area contributed by atoms with Gasteiger partial charge in [0.2, 0.25) is 0 Å². The van der Waals surface area contributed by atoms with E-state index in [1.165, 1.54) is 6.42 Å². The molecule has 0 aliphatic heterocycles. The fourth-order valence-electron chi connectivity index (χ4n) is 1.19. The highest BCUT2D eigenvalue weighted by Crippen LogP contribution is 1.80. The van der Waals surface area contributed by atoms with E-state index >= 15 is 0 Å². The molecule has 0 saturated carbocycles. The van der Waals surface area contributed by atoms with E-state index in [1.807, 2.05) is 0 Å². The quantitative estimate of drug-likeness (QED) is 0.499. The first-order valence-electron chi connectivity index (χ1n) is 5.82. The van der Waals surface area contributed by atoms with Crippen molar-refractivity contribution in [3.63, 3.8) is 0 Å². The number of hydrogen-bond acceptors (Lipinski definition) is 4. The maximum absolute atomic E-state index is 5.34. The van der Waals surface area contributed by atoms with Gasteiger partial charge >= 0.3 is 0 Å². The van der Waals surface area contributed by atoms with E-state index in [1.54, 1.807) is 7.11 Å². The van der Waals surface area contributed by atoms with Crippen molar-refractivity contribution in [2.75, 3.05) is 46.6 Å². The fourth-order valence-corrected chi connectivity index (χ4v) is 1.19. The van der Waals surface area contributed by atoms with Gasteiger partial charge in [0.1, 0.15) is 0 Å². The molecule has 0 heterocycles. The van der Waals surface area contributed by atoms with Crippen molar-refractivity contribution in [1.82, 2.24) is 10.6 Å². The number of nitrogens with one attached hydrogen (secondary N) is 2. The van der Waals surface area contributed by atoms with Crippen LogP contribution in [0.4, 0.5) is 0 Å². The van der Waals surface area contributed by atoms with Crippen LogP contribution in [0.1, 0.15) is 20.3 Å². The van der Waals surface area contributed by atoms with Gasteiger partial charge in [-0.2, -0.15) is 0 Å². The summed E-state index contributed by atoms with van der Waals surface area (Å²) >= 11 is 0. The molecule has 0 spiro atoms. The van der Waals surface area contributed by atoms with Crippen molar-refractivity contribution < 1.29 is 9.47 Å². The predicted molar refractivity (Wildman–Crippen MR) is 63.3 cm³/mol. The summed E-state index contributed by atoms with van der Waals surface area (Å²) in [5.41, 5.74) is 0. The molecule has 0 aliphatic rings. The third-order valence-corrected chi connectivity index (χ3v) is 2.05. The van der Waals surface area contributed by atoms with E-state index in [0.29, 0.717) is 19.3 Å². The zero-order chi connectivity index (χ0) is 11.4. The van der Waals surface area contributed by atoms with Gasteiger partial charge in [-0.1, -0.05) is 6.92 Å². The summed E-state index contributed by atoms with van der Waals surface area (Å²) in [6.45, 7) is 9.48. The molecule has 0 aromatic rings. The molecule has 4 heteroatoms. The van der Waals surface area contributed by atoms with Gasteiger partial charge in [-0.25, -0.2) is 0 Å². The fraction of sp³-hybridized carbons (Fsp3) is 1.00. The molecule has 0 bridgehead atoms. The molecule has 0 aromatic carbocycles. The van der Waals surface area contributed by atoms with Crippen molar-refractivity contribution in [2.45, 2.75) is 26.3 Å². The lowest BCUT2D eigenvalue weighted by atomic mass is 10.3. The van der Waals surface area contributed by atoms with Gasteiger partial charge in [0.05, 0.1) is 19.8 Å². The average molecular weight is 218 g/mol. The molecule has 0 aromatic heterocycles. The van der Waals surface area contributed by atoms with Crippen LogP contribution in [0.2, 0.25) is 0 Å². The number of rotatable bonds is 11. The van der Waals surface area contributed by atoms with Crippen LogP contribution < -0.4 is 10.6 Å². The Morgan fingerprint density at radius 1 is 1.13 bits per heavy atom. The molecular formula is C11H26N2O2. The molecule has 0 amide bonds. The Hall–Kier alpha value is -0.160. The number of ether oxygens (including phenoxy) is 2. The van der Waals surface area contributed by atoms with Crippen LogP contribution in [0.15, 0.2) is 0 Å². The van der Waals surface area contributed by atoms with Crippen molar-refractivity contribution in [1.29, 1.82) is 0 Å². The van der Waals surface area contributed by atoms with Gasteiger partial charge in [0, 0.05) is 26.2 Å².